The number of aliphatic hydroxyl groups excluding tert-OH is 2. The Morgan fingerprint density at radius 2 is 1.78 bits per heavy atom. The highest BCUT2D eigenvalue weighted by Gasteiger charge is 2.47. The summed E-state index contributed by atoms with van der Waals surface area (Å²) in [5.41, 5.74) is 4.50. The highest BCUT2D eigenvalue weighted by atomic mass is 31.3. The second kappa shape index (κ2) is 8.66. The van der Waals surface area contributed by atoms with Crippen LogP contribution in [0, 0.1) is 0 Å². The molecule has 1 aliphatic heterocycles. The Hall–Kier alpha value is -1.56. The molecule has 32 heavy (non-hydrogen) atoms. The minimum Gasteiger partial charge on any atom is -0.387 e. The second-order valence-electron chi connectivity index (χ2n) is 6.21. The molecule has 3 unspecified atom stereocenters. The predicted molar refractivity (Wildman–Crippen MR) is 98.3 cm³/mol. The molecule has 0 saturated carbocycles. The van der Waals surface area contributed by atoms with Crippen LogP contribution in [0.4, 0.5) is 5.95 Å². The van der Waals surface area contributed by atoms with Gasteiger partial charge in [0, 0.05) is 0 Å². The second-order valence-corrected chi connectivity index (χ2v) is 10.6. The Morgan fingerprint density at radius 3 is 2.41 bits per heavy atom. The number of H-pyrrole nitrogens is 1. The summed E-state index contributed by atoms with van der Waals surface area (Å²) in [5, 5.41) is 20.4. The lowest BCUT2D eigenvalue weighted by molar-refractivity contribution is -0.0503. The van der Waals surface area contributed by atoms with Gasteiger partial charge >= 0.3 is 23.5 Å². The summed E-state index contributed by atoms with van der Waals surface area (Å²) in [5.74, 6) is -0.276. The first-order valence-corrected chi connectivity index (χ1v) is 12.6. The molecule has 1 saturated heterocycles. The number of hydrogen-bond acceptors (Lipinski definition) is 13. The molecule has 9 N–H and O–H groups in total. The highest BCUT2D eigenvalue weighted by molar-refractivity contribution is 7.66. The van der Waals surface area contributed by atoms with Crippen molar-refractivity contribution in [3.8, 4) is 0 Å². The minimum atomic E-state index is -5.73. The number of hydrogen-bond donors (Lipinski definition) is 8. The van der Waals surface area contributed by atoms with Crippen LogP contribution >= 0.6 is 23.5 Å². The summed E-state index contributed by atoms with van der Waals surface area (Å²) in [4.78, 5) is 57.3. The molecule has 22 heteroatoms. The SMILES string of the molecule is Nc1nc2c(ncn2C2O[C@H](COP(=O)(O)OP(=O)(O)OP(=O)(O)O)[C@@H](O)[C@H]2O)c(=O)[nH]1. The average Bonchev–Trinajstić information content (AvgIpc) is 3.12. The van der Waals surface area contributed by atoms with E-state index in [2.05, 4.69) is 28.1 Å². The van der Waals surface area contributed by atoms with Gasteiger partial charge in [-0.15, -0.1) is 0 Å². The van der Waals surface area contributed by atoms with E-state index < -0.39 is 60.2 Å². The molecular formula is C10H16N5O14P3. The summed E-state index contributed by atoms with van der Waals surface area (Å²) in [6, 6.07) is 0. The van der Waals surface area contributed by atoms with Crippen LogP contribution in [-0.2, 0) is 31.6 Å². The van der Waals surface area contributed by atoms with Crippen LogP contribution in [0.15, 0.2) is 11.1 Å². The van der Waals surface area contributed by atoms with Gasteiger partial charge in [-0.25, -0.2) is 18.7 Å². The molecule has 2 aromatic heterocycles. The Kier molecular flexibility index (Phi) is 6.78. The molecule has 0 radical (unpaired) electrons. The van der Waals surface area contributed by atoms with Gasteiger partial charge in [0.05, 0.1) is 12.9 Å². The van der Waals surface area contributed by atoms with Crippen molar-refractivity contribution < 1.29 is 61.4 Å². The van der Waals surface area contributed by atoms with Crippen molar-refractivity contribution in [2.75, 3.05) is 12.3 Å². The van der Waals surface area contributed by atoms with Gasteiger partial charge in [-0.3, -0.25) is 18.9 Å². The smallest absolute Gasteiger partial charge is 0.387 e. The van der Waals surface area contributed by atoms with Crippen molar-refractivity contribution >= 4 is 40.6 Å². The fraction of sp³-hybridized carbons (Fsp3) is 0.500. The van der Waals surface area contributed by atoms with E-state index in [1.54, 1.807) is 0 Å². The monoisotopic (exact) mass is 523 g/mol. The van der Waals surface area contributed by atoms with Gasteiger partial charge in [-0.05, 0) is 0 Å². The van der Waals surface area contributed by atoms with Crippen molar-refractivity contribution in [3.63, 3.8) is 0 Å². The van der Waals surface area contributed by atoms with Crippen LogP contribution < -0.4 is 11.3 Å². The van der Waals surface area contributed by atoms with Gasteiger partial charge < -0.3 is 40.3 Å². The zero-order chi connectivity index (χ0) is 24.1. The number of phosphoric ester groups is 1. The maximum Gasteiger partial charge on any atom is 0.490 e. The number of aromatic nitrogens is 4. The van der Waals surface area contributed by atoms with Crippen LogP contribution in [0.2, 0.25) is 0 Å². The normalized spacial score (nSPS) is 27.9. The number of imidazole rings is 1. The lowest BCUT2D eigenvalue weighted by Crippen LogP contribution is -2.33. The van der Waals surface area contributed by atoms with Crippen molar-refractivity contribution in [2.24, 2.45) is 0 Å². The summed E-state index contributed by atoms with van der Waals surface area (Å²) in [7, 11) is -16.8. The fourth-order valence-corrected chi connectivity index (χ4v) is 5.73. The lowest BCUT2D eigenvalue weighted by Gasteiger charge is -2.19. The number of ether oxygens (including phenoxy) is 1. The van der Waals surface area contributed by atoms with E-state index in [-0.39, 0.29) is 17.1 Å². The molecule has 0 spiro atoms. The molecule has 19 nitrogen and oxygen atoms in total. The third-order valence-corrected chi connectivity index (χ3v) is 7.68. The van der Waals surface area contributed by atoms with Crippen molar-refractivity contribution in [3.05, 3.63) is 16.7 Å². The molecule has 6 atom stereocenters. The number of nitrogen functional groups attached to an aromatic ring is 1. The number of fused-ring (bicyclic) bond motifs is 1. The van der Waals surface area contributed by atoms with Gasteiger partial charge in [0.15, 0.2) is 17.4 Å². The van der Waals surface area contributed by atoms with Gasteiger partial charge in [0.25, 0.3) is 5.56 Å². The summed E-state index contributed by atoms with van der Waals surface area (Å²) >= 11 is 0. The van der Waals surface area contributed by atoms with E-state index >= 15 is 0 Å². The predicted octanol–water partition coefficient (Wildman–Crippen LogP) is -2.34. The number of anilines is 1. The number of phosphoric acid groups is 3. The highest BCUT2D eigenvalue weighted by Crippen LogP contribution is 2.66. The molecular weight excluding hydrogens is 507 g/mol. The van der Waals surface area contributed by atoms with E-state index in [1.807, 2.05) is 0 Å². The number of rotatable bonds is 8. The molecule has 180 valence electrons. The lowest BCUT2D eigenvalue weighted by atomic mass is 10.1. The molecule has 3 heterocycles. The van der Waals surface area contributed by atoms with E-state index in [1.165, 1.54) is 0 Å². The van der Waals surface area contributed by atoms with Gasteiger partial charge in [-0.1, -0.05) is 0 Å². The Labute approximate surface area is 175 Å². The first-order chi connectivity index (χ1) is 14.6. The van der Waals surface area contributed by atoms with Crippen molar-refractivity contribution in [1.82, 2.24) is 19.5 Å². The molecule has 0 aromatic carbocycles. The summed E-state index contributed by atoms with van der Waals surface area (Å²) < 4.78 is 51.6. The number of nitrogens with zero attached hydrogens (tertiary/aromatic N) is 3. The zero-order valence-electron chi connectivity index (χ0n) is 15.3. The van der Waals surface area contributed by atoms with E-state index in [0.29, 0.717) is 0 Å². The van der Waals surface area contributed by atoms with Crippen LogP contribution in [-0.4, -0.2) is 74.2 Å². The first kappa shape index (κ1) is 25.1. The quantitative estimate of drug-likeness (QED) is 0.168. The largest absolute Gasteiger partial charge is 0.490 e. The molecule has 3 rings (SSSR count). The first-order valence-electron chi connectivity index (χ1n) is 8.11. The van der Waals surface area contributed by atoms with E-state index in [9.17, 15) is 33.6 Å². The van der Waals surface area contributed by atoms with Gasteiger partial charge in [0.2, 0.25) is 5.95 Å². The molecule has 1 fully saturated rings. The third kappa shape index (κ3) is 5.67. The number of aliphatic hydroxyl groups is 2. The van der Waals surface area contributed by atoms with E-state index in [4.69, 9.17) is 25.2 Å². The number of aromatic amines is 1. The molecule has 1 aliphatic rings. The molecule has 0 bridgehead atoms. The molecule has 2 aromatic rings. The molecule has 0 amide bonds. The van der Waals surface area contributed by atoms with Crippen LogP contribution in [0.3, 0.4) is 0 Å². The summed E-state index contributed by atoms with van der Waals surface area (Å²) in [6.07, 6.45) is -5.33. The van der Waals surface area contributed by atoms with Crippen LogP contribution in [0.1, 0.15) is 6.23 Å². The number of nitrogens with two attached hydrogens (primary N) is 1. The Balaban J connectivity index is 1.72. The Morgan fingerprint density at radius 1 is 1.12 bits per heavy atom. The summed E-state index contributed by atoms with van der Waals surface area (Å²) in [6.45, 7) is -1.01. The molecule has 0 aliphatic carbocycles. The minimum absolute atomic E-state index is 0.115. The van der Waals surface area contributed by atoms with Crippen LogP contribution in [0.5, 0.6) is 0 Å². The van der Waals surface area contributed by atoms with Gasteiger partial charge in [-0.2, -0.15) is 13.6 Å². The van der Waals surface area contributed by atoms with Gasteiger partial charge in [0.1, 0.15) is 18.3 Å². The number of nitrogens with one attached hydrogen (secondary N) is 1. The standard InChI is InChI=1S/C10H16N5O14P3/c11-10-13-7-4(8(18)14-10)12-2-15(7)9-6(17)5(16)3(27-9)1-26-31(22,23)29-32(24,25)28-30(19,20)21/h2-3,5-6,9,16-17H,1H2,(H,22,23)(H,24,25)(H2,19,20,21)(H3,11,13,14,18)/t3-,5-,6-,9?/m1/s1. The maximum atomic E-state index is 11.9. The maximum absolute atomic E-state index is 11.9. The Bertz CT molecular complexity index is 1210. The van der Waals surface area contributed by atoms with Crippen LogP contribution in [0.25, 0.3) is 11.2 Å². The van der Waals surface area contributed by atoms with Crippen molar-refractivity contribution in [2.45, 2.75) is 24.5 Å². The average molecular weight is 523 g/mol. The third-order valence-electron chi connectivity index (χ3n) is 3.88. The van der Waals surface area contributed by atoms with E-state index in [0.717, 1.165) is 10.9 Å². The van der Waals surface area contributed by atoms with Crippen molar-refractivity contribution in [1.29, 1.82) is 0 Å². The fourth-order valence-electron chi connectivity index (χ4n) is 2.70. The zero-order valence-corrected chi connectivity index (χ0v) is 18.0. The topological polar surface area (TPSA) is 299 Å².